The topological polar surface area (TPSA) is 114 Å². The van der Waals surface area contributed by atoms with Gasteiger partial charge in [-0.3, -0.25) is 4.79 Å². The molecule has 2 atom stereocenters. The number of carbonyl (C=O) groups excluding carboxylic acids is 3. The Balaban J connectivity index is 2.34. The first kappa shape index (κ1) is 22.2. The van der Waals surface area contributed by atoms with E-state index in [4.69, 9.17) is 4.74 Å². The van der Waals surface area contributed by atoms with Crippen LogP contribution in [0, 0.1) is 0 Å². The molecular weight excluding hydrogens is 352 g/mol. The third-order valence-electron chi connectivity index (χ3n) is 3.49. The van der Waals surface area contributed by atoms with E-state index in [1.807, 2.05) is 30.3 Å². The summed E-state index contributed by atoms with van der Waals surface area (Å²) in [4.78, 5) is 35.2. The van der Waals surface area contributed by atoms with Gasteiger partial charge in [0.25, 0.3) is 0 Å². The van der Waals surface area contributed by atoms with Crippen LogP contribution in [0.5, 0.6) is 0 Å². The van der Waals surface area contributed by atoms with Gasteiger partial charge >= 0.3 is 12.1 Å². The molecule has 8 heteroatoms. The average molecular weight is 378 g/mol. The van der Waals surface area contributed by atoms with Crippen molar-refractivity contribution in [2.45, 2.75) is 38.5 Å². The van der Waals surface area contributed by atoms with Gasteiger partial charge in [-0.2, -0.15) is 0 Å². The molecule has 1 rings (SSSR count). The SMILES string of the molecule is C=C(C)C[C@@H](NC(=O)C[C@H](O)CNC(=O)OCc1ccccc1)C(=O)OC. The summed E-state index contributed by atoms with van der Waals surface area (Å²) in [6, 6.07) is 8.27. The maximum absolute atomic E-state index is 12.0. The molecular formula is C19H26N2O6. The second-order valence-corrected chi connectivity index (χ2v) is 6.11. The fourth-order valence-electron chi connectivity index (χ4n) is 2.20. The predicted molar refractivity (Wildman–Crippen MR) is 98.6 cm³/mol. The van der Waals surface area contributed by atoms with Crippen molar-refractivity contribution in [2.75, 3.05) is 13.7 Å². The van der Waals surface area contributed by atoms with Gasteiger partial charge in [0.15, 0.2) is 0 Å². The van der Waals surface area contributed by atoms with Crippen LogP contribution in [0.4, 0.5) is 4.79 Å². The molecule has 1 aromatic carbocycles. The number of aliphatic hydroxyl groups excluding tert-OH is 1. The lowest BCUT2D eigenvalue weighted by Crippen LogP contribution is -2.44. The van der Waals surface area contributed by atoms with Crippen LogP contribution in [0.2, 0.25) is 0 Å². The molecule has 0 saturated carbocycles. The van der Waals surface area contributed by atoms with Crippen molar-refractivity contribution in [3.05, 3.63) is 48.0 Å². The van der Waals surface area contributed by atoms with Crippen LogP contribution in [-0.2, 0) is 25.7 Å². The van der Waals surface area contributed by atoms with E-state index in [0.717, 1.165) is 5.56 Å². The number of hydrogen-bond acceptors (Lipinski definition) is 6. The van der Waals surface area contributed by atoms with Crippen molar-refractivity contribution < 1.29 is 29.0 Å². The number of aliphatic hydroxyl groups is 1. The zero-order chi connectivity index (χ0) is 20.2. The van der Waals surface area contributed by atoms with Crippen LogP contribution in [0.3, 0.4) is 0 Å². The van der Waals surface area contributed by atoms with E-state index in [-0.39, 0.29) is 26.0 Å². The number of hydrogen-bond donors (Lipinski definition) is 3. The van der Waals surface area contributed by atoms with Crippen LogP contribution in [-0.4, -0.2) is 48.9 Å². The summed E-state index contributed by atoms with van der Waals surface area (Å²) >= 11 is 0. The number of alkyl carbamates (subject to hydrolysis) is 1. The number of benzene rings is 1. The summed E-state index contributed by atoms with van der Waals surface area (Å²) in [5.74, 6) is -1.14. The zero-order valence-corrected chi connectivity index (χ0v) is 15.6. The monoisotopic (exact) mass is 378 g/mol. The van der Waals surface area contributed by atoms with Crippen LogP contribution < -0.4 is 10.6 Å². The van der Waals surface area contributed by atoms with E-state index in [1.54, 1.807) is 6.92 Å². The van der Waals surface area contributed by atoms with Gasteiger partial charge in [-0.1, -0.05) is 35.9 Å². The van der Waals surface area contributed by atoms with Gasteiger partial charge < -0.3 is 25.2 Å². The van der Waals surface area contributed by atoms with Crippen LogP contribution in [0.15, 0.2) is 42.5 Å². The number of amides is 2. The molecule has 0 heterocycles. The molecule has 0 fully saturated rings. The molecule has 0 aromatic heterocycles. The Labute approximate surface area is 158 Å². The van der Waals surface area contributed by atoms with E-state index in [0.29, 0.717) is 5.57 Å². The number of ether oxygens (including phenoxy) is 2. The number of rotatable bonds is 10. The average Bonchev–Trinajstić information content (AvgIpc) is 2.63. The number of methoxy groups -OCH3 is 1. The van der Waals surface area contributed by atoms with Gasteiger partial charge in [0.05, 0.1) is 19.6 Å². The quantitative estimate of drug-likeness (QED) is 0.418. The fourth-order valence-corrected chi connectivity index (χ4v) is 2.20. The molecule has 8 nitrogen and oxygen atoms in total. The minimum Gasteiger partial charge on any atom is -0.467 e. The summed E-state index contributed by atoms with van der Waals surface area (Å²) < 4.78 is 9.64. The van der Waals surface area contributed by atoms with Gasteiger partial charge in [-0.25, -0.2) is 9.59 Å². The maximum Gasteiger partial charge on any atom is 0.407 e. The molecule has 0 radical (unpaired) electrons. The first-order chi connectivity index (χ1) is 12.8. The van der Waals surface area contributed by atoms with Gasteiger partial charge in [-0.15, -0.1) is 6.58 Å². The molecule has 2 amide bonds. The zero-order valence-electron chi connectivity index (χ0n) is 15.6. The summed E-state index contributed by atoms with van der Waals surface area (Å²) in [5, 5.41) is 14.7. The van der Waals surface area contributed by atoms with Crippen molar-refractivity contribution in [1.82, 2.24) is 10.6 Å². The summed E-state index contributed by atoms with van der Waals surface area (Å²) in [5.41, 5.74) is 1.54. The van der Waals surface area contributed by atoms with Crippen molar-refractivity contribution in [2.24, 2.45) is 0 Å². The highest BCUT2D eigenvalue weighted by molar-refractivity contribution is 5.84. The van der Waals surface area contributed by atoms with Gasteiger partial charge in [-0.05, 0) is 18.9 Å². The highest BCUT2D eigenvalue weighted by Crippen LogP contribution is 2.05. The van der Waals surface area contributed by atoms with E-state index in [9.17, 15) is 19.5 Å². The van der Waals surface area contributed by atoms with Crippen molar-refractivity contribution in [1.29, 1.82) is 0 Å². The third-order valence-corrected chi connectivity index (χ3v) is 3.49. The smallest absolute Gasteiger partial charge is 0.407 e. The summed E-state index contributed by atoms with van der Waals surface area (Å²) in [7, 11) is 1.22. The van der Waals surface area contributed by atoms with Crippen molar-refractivity contribution in [3.8, 4) is 0 Å². The van der Waals surface area contributed by atoms with Crippen molar-refractivity contribution >= 4 is 18.0 Å². The summed E-state index contributed by atoms with van der Waals surface area (Å²) in [6.07, 6.45) is -1.88. The van der Waals surface area contributed by atoms with E-state index < -0.39 is 30.1 Å². The first-order valence-corrected chi connectivity index (χ1v) is 8.46. The minimum absolute atomic E-state index is 0.102. The second kappa shape index (κ2) is 11.7. The Hall–Kier alpha value is -2.87. The fraction of sp³-hybridized carbons (Fsp3) is 0.421. The van der Waals surface area contributed by atoms with Crippen molar-refractivity contribution in [3.63, 3.8) is 0 Å². The Morgan fingerprint density at radius 2 is 1.85 bits per heavy atom. The van der Waals surface area contributed by atoms with E-state index >= 15 is 0 Å². The molecule has 3 N–H and O–H groups in total. The molecule has 0 saturated heterocycles. The third kappa shape index (κ3) is 9.41. The Morgan fingerprint density at radius 1 is 1.19 bits per heavy atom. The van der Waals surface area contributed by atoms with Crippen LogP contribution in [0.25, 0.3) is 0 Å². The first-order valence-electron chi connectivity index (χ1n) is 8.46. The maximum atomic E-state index is 12.0. The van der Waals surface area contributed by atoms with Gasteiger partial charge in [0.1, 0.15) is 12.6 Å². The molecule has 0 unspecified atom stereocenters. The minimum atomic E-state index is -1.13. The standard InChI is InChI=1S/C19H26N2O6/c1-13(2)9-16(18(24)26-3)21-17(23)10-15(22)11-20-19(25)27-12-14-7-5-4-6-8-14/h4-8,15-16,22H,1,9-12H2,2-3H3,(H,20,25)(H,21,23)/t15-,16+/m0/s1. The Bertz CT molecular complexity index is 647. The van der Waals surface area contributed by atoms with Crippen LogP contribution >= 0.6 is 0 Å². The Kier molecular flexibility index (Phi) is 9.60. The number of carbonyl (C=O) groups is 3. The predicted octanol–water partition coefficient (Wildman–Crippen LogP) is 1.29. The number of esters is 1. The molecule has 0 aliphatic rings. The van der Waals surface area contributed by atoms with E-state index in [2.05, 4.69) is 21.9 Å². The largest absolute Gasteiger partial charge is 0.467 e. The normalized spacial score (nSPS) is 12.4. The highest BCUT2D eigenvalue weighted by Gasteiger charge is 2.22. The lowest BCUT2D eigenvalue weighted by atomic mass is 10.1. The molecule has 1 aromatic rings. The molecule has 0 spiro atoms. The van der Waals surface area contributed by atoms with Gasteiger partial charge in [0.2, 0.25) is 5.91 Å². The second-order valence-electron chi connectivity index (χ2n) is 6.11. The highest BCUT2D eigenvalue weighted by atomic mass is 16.5. The van der Waals surface area contributed by atoms with E-state index in [1.165, 1.54) is 7.11 Å². The molecule has 27 heavy (non-hydrogen) atoms. The molecule has 148 valence electrons. The number of nitrogens with one attached hydrogen (secondary N) is 2. The molecule has 0 aliphatic heterocycles. The Morgan fingerprint density at radius 3 is 2.44 bits per heavy atom. The molecule has 0 aliphatic carbocycles. The summed E-state index contributed by atoms with van der Waals surface area (Å²) in [6.45, 7) is 5.36. The molecule has 0 bridgehead atoms. The van der Waals surface area contributed by atoms with Gasteiger partial charge in [0, 0.05) is 6.54 Å². The lowest BCUT2D eigenvalue weighted by molar-refractivity contribution is -0.145. The lowest BCUT2D eigenvalue weighted by Gasteiger charge is -2.18. The van der Waals surface area contributed by atoms with Crippen LogP contribution in [0.1, 0.15) is 25.3 Å².